The molecule has 11 heteroatoms. The molecule has 8 nitrogen and oxygen atoms in total. The van der Waals surface area contributed by atoms with Crippen LogP contribution in [0.4, 0.5) is 18.9 Å². The lowest BCUT2D eigenvalue weighted by atomic mass is 9.78. The molecule has 44 heavy (non-hydrogen) atoms. The second-order valence-corrected chi connectivity index (χ2v) is 9.87. The number of rotatable bonds is 10. The number of carbonyl (C=O) groups is 4. The Balaban J connectivity index is 1.46. The zero-order valence-corrected chi connectivity index (χ0v) is 23.2. The third-order valence-electron chi connectivity index (χ3n) is 7.11. The molecule has 0 aliphatic rings. The number of aliphatic carboxylic acids is 2. The number of alkyl halides is 3. The number of amides is 1. The summed E-state index contributed by atoms with van der Waals surface area (Å²) in [6.45, 7) is 1.13. The van der Waals surface area contributed by atoms with Crippen molar-refractivity contribution in [1.29, 1.82) is 0 Å². The van der Waals surface area contributed by atoms with Crippen LogP contribution in [0.1, 0.15) is 43.8 Å². The lowest BCUT2D eigenvalue weighted by molar-refractivity contribution is -0.158. The predicted molar refractivity (Wildman–Crippen MR) is 154 cm³/mol. The fourth-order valence-electron chi connectivity index (χ4n) is 4.69. The van der Waals surface area contributed by atoms with Crippen molar-refractivity contribution in [2.24, 2.45) is 0 Å². The van der Waals surface area contributed by atoms with E-state index >= 15 is 0 Å². The fraction of sp³-hybridized carbons (Fsp3) is 0.152. The number of nitrogens with one attached hydrogen (secondary N) is 1. The van der Waals surface area contributed by atoms with Gasteiger partial charge < -0.3 is 20.3 Å². The number of carboxylic acid groups (broad SMARTS) is 2. The van der Waals surface area contributed by atoms with Gasteiger partial charge in [0, 0.05) is 17.7 Å². The van der Waals surface area contributed by atoms with Crippen LogP contribution >= 0.6 is 0 Å². The van der Waals surface area contributed by atoms with Gasteiger partial charge in [-0.05, 0) is 65.6 Å². The quantitative estimate of drug-likeness (QED) is 0.137. The van der Waals surface area contributed by atoms with Crippen molar-refractivity contribution in [3.63, 3.8) is 0 Å². The van der Waals surface area contributed by atoms with E-state index in [1.54, 1.807) is 31.2 Å². The third-order valence-corrected chi connectivity index (χ3v) is 7.11. The molecule has 0 unspecified atom stereocenters. The second kappa shape index (κ2) is 12.8. The van der Waals surface area contributed by atoms with Crippen molar-refractivity contribution in [3.8, 4) is 11.1 Å². The van der Waals surface area contributed by atoms with Crippen molar-refractivity contribution < 1.29 is 47.3 Å². The normalized spacial score (nSPS) is 11.5. The standard InChI is InChI=1S/C33H26F3NO7/c1-20-19-22(29(39)44-18-17-32(30(40)41,31(42)43)23-7-3-2-4-8-23)13-16-27(20)37-28(38)26-10-6-5-9-25(26)21-11-14-24(15-12-21)33(34,35)36/h2-16,19H,17-18H2,1H3,(H,37,38)(H,40,41)(H,42,43). The highest BCUT2D eigenvalue weighted by molar-refractivity contribution is 6.09. The maximum absolute atomic E-state index is 13.2. The monoisotopic (exact) mass is 605 g/mol. The van der Waals surface area contributed by atoms with Crippen LogP contribution in [0.5, 0.6) is 0 Å². The first-order valence-electron chi connectivity index (χ1n) is 13.2. The molecule has 0 aromatic heterocycles. The molecule has 4 aromatic carbocycles. The van der Waals surface area contributed by atoms with Crippen LogP contribution in [0.25, 0.3) is 11.1 Å². The Morgan fingerprint density at radius 3 is 1.98 bits per heavy atom. The molecule has 0 saturated heterocycles. The molecule has 1 amide bonds. The summed E-state index contributed by atoms with van der Waals surface area (Å²) in [5.41, 5.74) is -1.11. The predicted octanol–water partition coefficient (Wildman–Crippen LogP) is 6.59. The maximum atomic E-state index is 13.2. The molecule has 3 N–H and O–H groups in total. The van der Waals surface area contributed by atoms with Crippen molar-refractivity contribution in [2.45, 2.75) is 24.9 Å². The minimum atomic E-state index is -4.49. The number of hydrogen-bond acceptors (Lipinski definition) is 5. The van der Waals surface area contributed by atoms with Gasteiger partial charge in [-0.2, -0.15) is 13.2 Å². The number of carboxylic acids is 2. The van der Waals surface area contributed by atoms with Gasteiger partial charge in [0.15, 0.2) is 5.41 Å². The number of hydrogen-bond donors (Lipinski definition) is 3. The van der Waals surface area contributed by atoms with Crippen molar-refractivity contribution in [1.82, 2.24) is 0 Å². The lowest BCUT2D eigenvalue weighted by Crippen LogP contribution is -2.44. The average molecular weight is 606 g/mol. The summed E-state index contributed by atoms with van der Waals surface area (Å²) < 4.78 is 44.2. The number of halogens is 3. The van der Waals surface area contributed by atoms with Crippen LogP contribution < -0.4 is 5.32 Å². The van der Waals surface area contributed by atoms with Crippen molar-refractivity contribution in [3.05, 3.63) is 125 Å². The van der Waals surface area contributed by atoms with Crippen molar-refractivity contribution >= 4 is 29.5 Å². The Bertz CT molecular complexity index is 1690. The van der Waals surface area contributed by atoms with E-state index in [2.05, 4.69) is 5.32 Å². The van der Waals surface area contributed by atoms with Crippen LogP contribution in [0.3, 0.4) is 0 Å². The van der Waals surface area contributed by atoms with Gasteiger partial charge in [0.05, 0.1) is 17.7 Å². The van der Waals surface area contributed by atoms with Gasteiger partial charge in [0.25, 0.3) is 5.91 Å². The van der Waals surface area contributed by atoms with E-state index in [9.17, 15) is 42.6 Å². The third kappa shape index (κ3) is 6.62. The summed E-state index contributed by atoms with van der Waals surface area (Å²) in [4.78, 5) is 50.0. The Kier molecular flexibility index (Phi) is 9.17. The Morgan fingerprint density at radius 2 is 1.39 bits per heavy atom. The van der Waals surface area contributed by atoms with E-state index in [1.807, 2.05) is 0 Å². The number of benzene rings is 4. The van der Waals surface area contributed by atoms with Crippen LogP contribution in [0.2, 0.25) is 0 Å². The van der Waals surface area contributed by atoms with E-state index in [-0.39, 0.29) is 16.7 Å². The smallest absolute Gasteiger partial charge is 0.416 e. The number of esters is 1. The van der Waals surface area contributed by atoms with E-state index in [4.69, 9.17) is 4.74 Å². The topological polar surface area (TPSA) is 130 Å². The average Bonchev–Trinajstić information content (AvgIpc) is 3.00. The first kappa shape index (κ1) is 31.5. The molecular formula is C33H26F3NO7. The molecule has 0 saturated carbocycles. The SMILES string of the molecule is Cc1cc(C(=O)OCCC(C(=O)O)(C(=O)O)c2ccccc2)ccc1NC(=O)c1ccccc1-c1ccc(C(F)(F)F)cc1. The molecule has 0 bridgehead atoms. The Hall–Kier alpha value is -5.45. The van der Waals surface area contributed by atoms with Crippen LogP contribution in [-0.2, 0) is 25.9 Å². The summed E-state index contributed by atoms with van der Waals surface area (Å²) in [6.07, 6.45) is -5.01. The first-order chi connectivity index (χ1) is 20.8. The molecule has 0 fully saturated rings. The van der Waals surface area contributed by atoms with E-state index < -0.39 is 54.0 Å². The Morgan fingerprint density at radius 1 is 0.773 bits per heavy atom. The summed E-state index contributed by atoms with van der Waals surface area (Å²) >= 11 is 0. The summed E-state index contributed by atoms with van der Waals surface area (Å²) in [7, 11) is 0. The van der Waals surface area contributed by atoms with E-state index in [0.717, 1.165) is 12.1 Å². The van der Waals surface area contributed by atoms with Gasteiger partial charge in [-0.25, -0.2) is 4.79 Å². The highest BCUT2D eigenvalue weighted by Gasteiger charge is 2.48. The first-order valence-corrected chi connectivity index (χ1v) is 13.2. The number of ether oxygens (including phenoxy) is 1. The van der Waals surface area contributed by atoms with Crippen LogP contribution in [-0.4, -0.2) is 40.6 Å². The molecule has 226 valence electrons. The molecular weight excluding hydrogens is 579 g/mol. The number of aryl methyl sites for hydroxylation is 1. The van der Waals surface area contributed by atoms with Crippen LogP contribution in [0, 0.1) is 6.92 Å². The van der Waals surface area contributed by atoms with Gasteiger partial charge in [-0.1, -0.05) is 60.7 Å². The molecule has 0 heterocycles. The van der Waals surface area contributed by atoms with E-state index in [1.165, 1.54) is 60.7 Å². The van der Waals surface area contributed by atoms with Crippen molar-refractivity contribution in [2.75, 3.05) is 11.9 Å². The highest BCUT2D eigenvalue weighted by atomic mass is 19.4. The minimum absolute atomic E-state index is 0.0342. The lowest BCUT2D eigenvalue weighted by Gasteiger charge is -2.25. The van der Waals surface area contributed by atoms with E-state index in [0.29, 0.717) is 22.4 Å². The van der Waals surface area contributed by atoms with Gasteiger partial charge in [-0.15, -0.1) is 0 Å². The zero-order chi connectivity index (χ0) is 32.1. The zero-order valence-electron chi connectivity index (χ0n) is 23.2. The molecule has 0 radical (unpaired) electrons. The Labute approximate surface area is 249 Å². The molecule has 0 aliphatic carbocycles. The summed E-state index contributed by atoms with van der Waals surface area (Å²) in [5.74, 6) is -4.54. The van der Waals surface area contributed by atoms with Gasteiger partial charge >= 0.3 is 24.1 Å². The molecule has 4 aromatic rings. The van der Waals surface area contributed by atoms with Gasteiger partial charge in [-0.3, -0.25) is 14.4 Å². The second-order valence-electron chi connectivity index (χ2n) is 9.87. The molecule has 0 spiro atoms. The largest absolute Gasteiger partial charge is 0.480 e. The summed E-state index contributed by atoms with van der Waals surface area (Å²) in [5, 5.41) is 22.3. The number of carbonyl (C=O) groups excluding carboxylic acids is 2. The number of anilines is 1. The van der Waals surface area contributed by atoms with Gasteiger partial charge in [0.2, 0.25) is 0 Å². The molecule has 4 rings (SSSR count). The maximum Gasteiger partial charge on any atom is 0.416 e. The fourth-order valence-corrected chi connectivity index (χ4v) is 4.69. The van der Waals surface area contributed by atoms with Gasteiger partial charge in [0.1, 0.15) is 0 Å². The highest BCUT2D eigenvalue weighted by Crippen LogP contribution is 2.33. The molecule has 0 aliphatic heterocycles. The molecule has 0 atom stereocenters. The van der Waals surface area contributed by atoms with Crippen LogP contribution in [0.15, 0.2) is 97.1 Å². The summed E-state index contributed by atoms with van der Waals surface area (Å²) in [6, 6.07) is 22.6. The minimum Gasteiger partial charge on any atom is -0.480 e.